The zero-order chi connectivity index (χ0) is 15.3. The van der Waals surface area contributed by atoms with E-state index in [-0.39, 0.29) is 6.04 Å². The summed E-state index contributed by atoms with van der Waals surface area (Å²) in [5, 5.41) is 1.94. The SMILES string of the molecule is COc1cc([C@H](C)N)ccc1OC(C)C(=O)NC(N)=O. The number of carbonyl (C=O) groups excluding carboxylic acids is 2. The van der Waals surface area contributed by atoms with Crippen molar-refractivity contribution in [3.8, 4) is 11.5 Å². The van der Waals surface area contributed by atoms with Crippen LogP contribution in [0.1, 0.15) is 25.5 Å². The molecule has 5 N–H and O–H groups in total. The number of hydrogen-bond acceptors (Lipinski definition) is 5. The molecule has 0 bridgehead atoms. The summed E-state index contributed by atoms with van der Waals surface area (Å²) in [6, 6.07) is 4.10. The smallest absolute Gasteiger partial charge is 0.318 e. The van der Waals surface area contributed by atoms with Crippen molar-refractivity contribution >= 4 is 11.9 Å². The largest absolute Gasteiger partial charge is 0.493 e. The van der Waals surface area contributed by atoms with E-state index in [1.807, 2.05) is 12.2 Å². The van der Waals surface area contributed by atoms with Gasteiger partial charge in [-0.2, -0.15) is 0 Å². The molecule has 1 aromatic carbocycles. The van der Waals surface area contributed by atoms with Gasteiger partial charge in [0, 0.05) is 6.04 Å². The van der Waals surface area contributed by atoms with Gasteiger partial charge in [0.05, 0.1) is 7.11 Å². The van der Waals surface area contributed by atoms with Crippen molar-refractivity contribution in [1.29, 1.82) is 0 Å². The molecule has 110 valence electrons. The second kappa shape index (κ2) is 6.76. The van der Waals surface area contributed by atoms with Crippen LogP contribution in [-0.2, 0) is 4.79 Å². The monoisotopic (exact) mass is 281 g/mol. The number of benzene rings is 1. The third-order valence-corrected chi connectivity index (χ3v) is 2.63. The van der Waals surface area contributed by atoms with Gasteiger partial charge in [-0.25, -0.2) is 4.79 Å². The highest BCUT2D eigenvalue weighted by Crippen LogP contribution is 2.30. The molecule has 0 aliphatic rings. The zero-order valence-electron chi connectivity index (χ0n) is 11.7. The van der Waals surface area contributed by atoms with Crippen LogP contribution in [0, 0.1) is 0 Å². The summed E-state index contributed by atoms with van der Waals surface area (Å²) in [7, 11) is 1.49. The van der Waals surface area contributed by atoms with Gasteiger partial charge in [-0.3, -0.25) is 10.1 Å². The Hall–Kier alpha value is -2.28. The summed E-state index contributed by atoms with van der Waals surface area (Å²) >= 11 is 0. The number of primary amides is 1. The standard InChI is InChI=1S/C13H19N3O4/c1-7(14)9-4-5-10(11(6-9)19-3)20-8(2)12(17)16-13(15)18/h4-8H,14H2,1-3H3,(H3,15,16,17,18)/t7-,8?/m0/s1. The number of rotatable bonds is 5. The summed E-state index contributed by atoms with van der Waals surface area (Å²) in [6.07, 6.45) is -0.891. The molecule has 1 aromatic rings. The molecular weight excluding hydrogens is 262 g/mol. The van der Waals surface area contributed by atoms with Crippen LogP contribution in [0.4, 0.5) is 4.79 Å². The Morgan fingerprint density at radius 3 is 2.40 bits per heavy atom. The third-order valence-electron chi connectivity index (χ3n) is 2.63. The molecule has 20 heavy (non-hydrogen) atoms. The highest BCUT2D eigenvalue weighted by Gasteiger charge is 2.18. The van der Waals surface area contributed by atoms with Crippen molar-refractivity contribution in [3.63, 3.8) is 0 Å². The molecule has 0 saturated heterocycles. The molecule has 0 aliphatic carbocycles. The molecule has 1 rings (SSSR count). The Bertz CT molecular complexity index is 502. The first-order valence-corrected chi connectivity index (χ1v) is 6.05. The number of imide groups is 1. The maximum absolute atomic E-state index is 11.5. The molecule has 0 radical (unpaired) electrons. The average Bonchev–Trinajstić information content (AvgIpc) is 2.37. The second-order valence-corrected chi connectivity index (χ2v) is 4.31. The van der Waals surface area contributed by atoms with Gasteiger partial charge in [0.25, 0.3) is 5.91 Å². The normalized spacial score (nSPS) is 13.2. The molecule has 0 aliphatic heterocycles. The van der Waals surface area contributed by atoms with Crippen LogP contribution in [0.25, 0.3) is 0 Å². The predicted octanol–water partition coefficient (Wildman–Crippen LogP) is 0.677. The minimum absolute atomic E-state index is 0.145. The Balaban J connectivity index is 2.86. The van der Waals surface area contributed by atoms with Gasteiger partial charge >= 0.3 is 6.03 Å². The van der Waals surface area contributed by atoms with E-state index in [9.17, 15) is 9.59 Å². The molecule has 3 amide bonds. The number of nitrogens with one attached hydrogen (secondary N) is 1. The van der Waals surface area contributed by atoms with Crippen LogP contribution in [0.3, 0.4) is 0 Å². The van der Waals surface area contributed by atoms with Crippen LogP contribution < -0.4 is 26.3 Å². The van der Waals surface area contributed by atoms with Crippen molar-refractivity contribution in [3.05, 3.63) is 23.8 Å². The number of methoxy groups -OCH3 is 1. The predicted molar refractivity (Wildman–Crippen MR) is 73.4 cm³/mol. The summed E-state index contributed by atoms with van der Waals surface area (Å²) in [6.45, 7) is 3.34. The van der Waals surface area contributed by atoms with E-state index in [4.69, 9.17) is 20.9 Å². The lowest BCUT2D eigenvalue weighted by atomic mass is 10.1. The van der Waals surface area contributed by atoms with E-state index in [0.29, 0.717) is 11.5 Å². The molecule has 0 heterocycles. The van der Waals surface area contributed by atoms with E-state index in [0.717, 1.165) is 5.56 Å². The summed E-state index contributed by atoms with van der Waals surface area (Å²) in [4.78, 5) is 22.1. The summed E-state index contributed by atoms with van der Waals surface area (Å²) in [5.41, 5.74) is 11.5. The topological polar surface area (TPSA) is 117 Å². The number of nitrogens with two attached hydrogens (primary N) is 2. The molecule has 0 spiro atoms. The molecule has 0 fully saturated rings. The summed E-state index contributed by atoms with van der Waals surface area (Å²) < 4.78 is 10.6. The maximum atomic E-state index is 11.5. The third kappa shape index (κ3) is 4.13. The van der Waals surface area contributed by atoms with Gasteiger partial charge in [0.2, 0.25) is 0 Å². The Morgan fingerprint density at radius 2 is 1.90 bits per heavy atom. The molecular formula is C13H19N3O4. The quantitative estimate of drug-likeness (QED) is 0.733. The molecule has 0 aromatic heterocycles. The minimum atomic E-state index is -0.926. The van der Waals surface area contributed by atoms with Crippen LogP contribution in [0.5, 0.6) is 11.5 Å². The second-order valence-electron chi connectivity index (χ2n) is 4.31. The Kier molecular flexibility index (Phi) is 5.33. The molecule has 0 saturated carbocycles. The zero-order valence-corrected chi connectivity index (χ0v) is 11.7. The first-order chi connectivity index (χ1) is 9.35. The van der Waals surface area contributed by atoms with E-state index < -0.39 is 18.0 Å². The van der Waals surface area contributed by atoms with Crippen LogP contribution in [0.2, 0.25) is 0 Å². The fourth-order valence-corrected chi connectivity index (χ4v) is 1.53. The molecule has 7 heteroatoms. The van der Waals surface area contributed by atoms with Crippen molar-refractivity contribution in [2.75, 3.05) is 7.11 Å². The first-order valence-electron chi connectivity index (χ1n) is 6.05. The average molecular weight is 281 g/mol. The van der Waals surface area contributed by atoms with Gasteiger partial charge in [-0.1, -0.05) is 6.07 Å². The fourth-order valence-electron chi connectivity index (χ4n) is 1.53. The molecule has 1 unspecified atom stereocenters. The lowest BCUT2D eigenvalue weighted by Gasteiger charge is -2.17. The van der Waals surface area contributed by atoms with Gasteiger partial charge < -0.3 is 20.9 Å². The number of carbonyl (C=O) groups is 2. The van der Waals surface area contributed by atoms with Gasteiger partial charge in [0.1, 0.15) is 0 Å². The fraction of sp³-hybridized carbons (Fsp3) is 0.385. The lowest BCUT2D eigenvalue weighted by Crippen LogP contribution is -2.42. The van der Waals surface area contributed by atoms with Crippen LogP contribution in [-0.4, -0.2) is 25.2 Å². The Morgan fingerprint density at radius 1 is 1.25 bits per heavy atom. The van der Waals surface area contributed by atoms with Crippen molar-refractivity contribution in [2.24, 2.45) is 11.5 Å². The van der Waals surface area contributed by atoms with E-state index in [1.54, 1.807) is 18.2 Å². The number of ether oxygens (including phenoxy) is 2. The van der Waals surface area contributed by atoms with Gasteiger partial charge in [-0.15, -0.1) is 0 Å². The van der Waals surface area contributed by atoms with Gasteiger partial charge in [0.15, 0.2) is 17.6 Å². The lowest BCUT2D eigenvalue weighted by molar-refractivity contribution is -0.126. The van der Waals surface area contributed by atoms with Crippen molar-refractivity contribution in [1.82, 2.24) is 5.32 Å². The minimum Gasteiger partial charge on any atom is -0.493 e. The van der Waals surface area contributed by atoms with Crippen molar-refractivity contribution in [2.45, 2.75) is 26.0 Å². The number of hydrogen-bond donors (Lipinski definition) is 3. The highest BCUT2D eigenvalue weighted by molar-refractivity contribution is 5.95. The molecule has 7 nitrogen and oxygen atoms in total. The maximum Gasteiger partial charge on any atom is 0.318 e. The van der Waals surface area contributed by atoms with Gasteiger partial charge in [-0.05, 0) is 31.5 Å². The van der Waals surface area contributed by atoms with E-state index in [2.05, 4.69) is 0 Å². The number of amides is 3. The van der Waals surface area contributed by atoms with E-state index >= 15 is 0 Å². The summed E-state index contributed by atoms with van der Waals surface area (Å²) in [5.74, 6) is 0.207. The van der Waals surface area contributed by atoms with Crippen LogP contribution >= 0.6 is 0 Å². The highest BCUT2D eigenvalue weighted by atomic mass is 16.5. The Labute approximate surface area is 117 Å². The van der Waals surface area contributed by atoms with Crippen LogP contribution in [0.15, 0.2) is 18.2 Å². The van der Waals surface area contributed by atoms with Crippen molar-refractivity contribution < 1.29 is 19.1 Å². The number of urea groups is 1. The van der Waals surface area contributed by atoms with E-state index in [1.165, 1.54) is 14.0 Å². The first kappa shape index (κ1) is 15.8. The molecule has 2 atom stereocenters.